The quantitative estimate of drug-likeness (QED) is 0.811. The minimum absolute atomic E-state index is 0.209. The van der Waals surface area contributed by atoms with Crippen LogP contribution in [0.2, 0.25) is 0 Å². The standard InChI is InChI=1S/C14H28O3S/c1-4-18(16,17)11-5-6-13(15)12-7-9-14(2,3)10-8-12/h12-13,15H,4-11H2,1-3H3. The van der Waals surface area contributed by atoms with Crippen molar-refractivity contribution in [2.75, 3.05) is 11.5 Å². The number of rotatable bonds is 6. The highest BCUT2D eigenvalue weighted by Gasteiger charge is 2.30. The topological polar surface area (TPSA) is 54.4 Å². The first-order chi connectivity index (χ1) is 8.26. The number of hydrogen-bond acceptors (Lipinski definition) is 3. The van der Waals surface area contributed by atoms with Crippen LogP contribution in [0.1, 0.15) is 59.3 Å². The molecule has 1 rings (SSSR count). The first kappa shape index (κ1) is 16.0. The van der Waals surface area contributed by atoms with Gasteiger partial charge in [-0.05, 0) is 49.9 Å². The Hall–Kier alpha value is -0.0900. The van der Waals surface area contributed by atoms with E-state index >= 15 is 0 Å². The van der Waals surface area contributed by atoms with Crippen LogP contribution in [0.4, 0.5) is 0 Å². The molecule has 0 aromatic carbocycles. The highest BCUT2D eigenvalue weighted by Crippen LogP contribution is 2.39. The summed E-state index contributed by atoms with van der Waals surface area (Å²) in [5.41, 5.74) is 0.418. The van der Waals surface area contributed by atoms with Crippen LogP contribution in [0, 0.1) is 11.3 Å². The van der Waals surface area contributed by atoms with Crippen molar-refractivity contribution >= 4 is 9.84 Å². The fourth-order valence-electron chi connectivity index (χ4n) is 2.70. The van der Waals surface area contributed by atoms with E-state index in [-0.39, 0.29) is 17.6 Å². The Bertz CT molecular complexity index is 336. The summed E-state index contributed by atoms with van der Waals surface area (Å²) in [5, 5.41) is 10.1. The van der Waals surface area contributed by atoms with Crippen LogP contribution in [0.5, 0.6) is 0 Å². The molecule has 0 aliphatic heterocycles. The molecule has 0 bridgehead atoms. The molecule has 0 aromatic rings. The van der Waals surface area contributed by atoms with Gasteiger partial charge in [-0.1, -0.05) is 20.8 Å². The predicted octanol–water partition coefficient (Wildman–Crippen LogP) is 2.78. The van der Waals surface area contributed by atoms with Crippen molar-refractivity contribution in [1.29, 1.82) is 0 Å². The van der Waals surface area contributed by atoms with E-state index in [1.54, 1.807) is 6.92 Å². The average molecular weight is 276 g/mol. The minimum Gasteiger partial charge on any atom is -0.393 e. The van der Waals surface area contributed by atoms with Crippen LogP contribution >= 0.6 is 0 Å². The second kappa shape index (κ2) is 6.38. The maximum absolute atomic E-state index is 11.4. The summed E-state index contributed by atoms with van der Waals surface area (Å²) in [6.07, 6.45) is 5.41. The number of hydrogen-bond donors (Lipinski definition) is 1. The zero-order chi connectivity index (χ0) is 13.8. The van der Waals surface area contributed by atoms with Gasteiger partial charge in [-0.15, -0.1) is 0 Å². The van der Waals surface area contributed by atoms with E-state index in [2.05, 4.69) is 13.8 Å². The summed E-state index contributed by atoms with van der Waals surface area (Å²) in [6.45, 7) is 6.24. The van der Waals surface area contributed by atoms with Gasteiger partial charge < -0.3 is 5.11 Å². The molecule has 0 spiro atoms. The third-order valence-corrected chi connectivity index (χ3v) is 6.11. The molecule has 0 amide bonds. The van der Waals surface area contributed by atoms with E-state index in [1.165, 1.54) is 12.8 Å². The summed E-state index contributed by atoms with van der Waals surface area (Å²) in [4.78, 5) is 0. The Morgan fingerprint density at radius 2 is 1.83 bits per heavy atom. The van der Waals surface area contributed by atoms with Crippen LogP contribution in [0.25, 0.3) is 0 Å². The maximum atomic E-state index is 11.4. The summed E-state index contributed by atoms with van der Waals surface area (Å²) < 4.78 is 22.7. The lowest BCUT2D eigenvalue weighted by atomic mass is 9.71. The summed E-state index contributed by atoms with van der Waals surface area (Å²) >= 11 is 0. The second-order valence-electron chi connectivity index (χ2n) is 6.45. The molecule has 18 heavy (non-hydrogen) atoms. The zero-order valence-electron chi connectivity index (χ0n) is 12.0. The van der Waals surface area contributed by atoms with Crippen LogP contribution in [0.15, 0.2) is 0 Å². The van der Waals surface area contributed by atoms with Crippen LogP contribution < -0.4 is 0 Å². The maximum Gasteiger partial charge on any atom is 0.150 e. The molecule has 0 aromatic heterocycles. The SMILES string of the molecule is CCS(=O)(=O)CCCC(O)C1CCC(C)(C)CC1. The van der Waals surface area contributed by atoms with Gasteiger partial charge in [-0.3, -0.25) is 0 Å². The van der Waals surface area contributed by atoms with Crippen LogP contribution in [-0.2, 0) is 9.84 Å². The van der Waals surface area contributed by atoms with Crippen molar-refractivity contribution in [2.45, 2.75) is 65.4 Å². The third kappa shape index (κ3) is 5.27. The van der Waals surface area contributed by atoms with Crippen molar-refractivity contribution in [3.05, 3.63) is 0 Å². The lowest BCUT2D eigenvalue weighted by molar-refractivity contribution is 0.0512. The Morgan fingerprint density at radius 1 is 1.28 bits per heavy atom. The fourth-order valence-corrected chi connectivity index (χ4v) is 3.59. The van der Waals surface area contributed by atoms with Crippen LogP contribution in [-0.4, -0.2) is 31.1 Å². The predicted molar refractivity (Wildman–Crippen MR) is 75.3 cm³/mol. The number of aliphatic hydroxyl groups excluding tert-OH is 1. The van der Waals surface area contributed by atoms with E-state index < -0.39 is 9.84 Å². The number of aliphatic hydroxyl groups is 1. The summed E-state index contributed by atoms with van der Waals surface area (Å²) in [5.74, 6) is 0.807. The van der Waals surface area contributed by atoms with Crippen molar-refractivity contribution in [3.8, 4) is 0 Å². The molecule has 1 fully saturated rings. The van der Waals surface area contributed by atoms with E-state index in [4.69, 9.17) is 0 Å². The van der Waals surface area contributed by atoms with E-state index in [0.29, 0.717) is 24.2 Å². The van der Waals surface area contributed by atoms with Gasteiger partial charge in [0.2, 0.25) is 0 Å². The summed E-state index contributed by atoms with van der Waals surface area (Å²) in [7, 11) is -2.88. The van der Waals surface area contributed by atoms with Gasteiger partial charge in [0, 0.05) is 5.75 Å². The van der Waals surface area contributed by atoms with E-state index in [1.807, 2.05) is 0 Å². The van der Waals surface area contributed by atoms with Crippen LogP contribution in [0.3, 0.4) is 0 Å². The highest BCUT2D eigenvalue weighted by atomic mass is 32.2. The molecular formula is C14H28O3S. The third-order valence-electron chi connectivity index (χ3n) is 4.32. The van der Waals surface area contributed by atoms with E-state index in [0.717, 1.165) is 12.8 Å². The molecule has 1 saturated carbocycles. The zero-order valence-corrected chi connectivity index (χ0v) is 12.8. The molecule has 1 aliphatic carbocycles. The summed E-state index contributed by atoms with van der Waals surface area (Å²) in [6, 6.07) is 0. The molecule has 0 heterocycles. The van der Waals surface area contributed by atoms with Gasteiger partial charge in [0.1, 0.15) is 9.84 Å². The highest BCUT2D eigenvalue weighted by molar-refractivity contribution is 7.91. The molecule has 0 radical (unpaired) electrons. The van der Waals surface area contributed by atoms with Gasteiger partial charge in [0.15, 0.2) is 0 Å². The molecule has 108 valence electrons. The Labute approximate surface area is 112 Å². The van der Waals surface area contributed by atoms with Crippen molar-refractivity contribution in [3.63, 3.8) is 0 Å². The molecule has 1 unspecified atom stereocenters. The van der Waals surface area contributed by atoms with Gasteiger partial charge in [-0.2, -0.15) is 0 Å². The van der Waals surface area contributed by atoms with Crippen molar-refractivity contribution < 1.29 is 13.5 Å². The second-order valence-corrected chi connectivity index (χ2v) is 8.92. The Morgan fingerprint density at radius 3 is 2.33 bits per heavy atom. The lowest BCUT2D eigenvalue weighted by Crippen LogP contribution is -2.29. The smallest absolute Gasteiger partial charge is 0.150 e. The molecule has 1 N–H and O–H groups in total. The molecular weight excluding hydrogens is 248 g/mol. The minimum atomic E-state index is -2.88. The normalized spacial score (nSPS) is 22.9. The van der Waals surface area contributed by atoms with Gasteiger partial charge in [-0.25, -0.2) is 8.42 Å². The first-order valence-corrected chi connectivity index (χ1v) is 8.96. The van der Waals surface area contributed by atoms with E-state index in [9.17, 15) is 13.5 Å². The number of sulfone groups is 1. The lowest BCUT2D eigenvalue weighted by Gasteiger charge is -2.36. The van der Waals surface area contributed by atoms with Gasteiger partial charge in [0.05, 0.1) is 11.9 Å². The molecule has 1 atom stereocenters. The average Bonchev–Trinajstić information content (AvgIpc) is 2.28. The Kier molecular flexibility index (Phi) is 5.66. The molecule has 3 nitrogen and oxygen atoms in total. The largest absolute Gasteiger partial charge is 0.393 e. The molecule has 1 aliphatic rings. The fraction of sp³-hybridized carbons (Fsp3) is 1.00. The molecule has 0 saturated heterocycles. The molecule has 4 heteroatoms. The Balaban J connectivity index is 2.28. The van der Waals surface area contributed by atoms with Gasteiger partial charge in [0.25, 0.3) is 0 Å². The van der Waals surface area contributed by atoms with Crippen molar-refractivity contribution in [2.24, 2.45) is 11.3 Å². The first-order valence-electron chi connectivity index (χ1n) is 7.14. The monoisotopic (exact) mass is 276 g/mol. The van der Waals surface area contributed by atoms with Crippen molar-refractivity contribution in [1.82, 2.24) is 0 Å². The van der Waals surface area contributed by atoms with Gasteiger partial charge >= 0.3 is 0 Å².